The maximum atomic E-state index is 12.3. The van der Waals surface area contributed by atoms with Gasteiger partial charge in [0.25, 0.3) is 5.91 Å². The Morgan fingerprint density at radius 2 is 2.33 bits per heavy atom. The smallest absolute Gasteiger partial charge is 0.259 e. The molecular formula is C15H21ClN6OS. The van der Waals surface area contributed by atoms with Crippen molar-refractivity contribution in [1.82, 2.24) is 20.3 Å². The van der Waals surface area contributed by atoms with E-state index in [1.165, 1.54) is 0 Å². The van der Waals surface area contributed by atoms with Gasteiger partial charge in [0.1, 0.15) is 17.8 Å². The fourth-order valence-corrected chi connectivity index (χ4v) is 3.36. The molecule has 0 spiro atoms. The number of aryl methyl sites for hydroxylation is 1. The number of amides is 1. The molecule has 0 saturated carbocycles. The van der Waals surface area contributed by atoms with E-state index in [0.29, 0.717) is 11.4 Å². The minimum absolute atomic E-state index is 0. The van der Waals surface area contributed by atoms with Crippen LogP contribution in [0.3, 0.4) is 0 Å². The number of H-pyrrole nitrogens is 1. The van der Waals surface area contributed by atoms with Gasteiger partial charge in [-0.05, 0) is 19.4 Å². The van der Waals surface area contributed by atoms with Gasteiger partial charge in [0.2, 0.25) is 0 Å². The second-order valence-electron chi connectivity index (χ2n) is 5.54. The topological polar surface area (TPSA) is 99.9 Å². The SMILES string of the molecule is Cc1c[nH]c2ncnc(N3C=C(C(=O)N[C@@H](C)CN)SCC3)c12.Cl. The summed E-state index contributed by atoms with van der Waals surface area (Å²) in [5, 5.41) is 3.89. The van der Waals surface area contributed by atoms with E-state index in [1.807, 2.05) is 31.1 Å². The van der Waals surface area contributed by atoms with Crippen LogP contribution < -0.4 is 16.0 Å². The molecule has 0 saturated heterocycles. The Morgan fingerprint density at radius 1 is 1.54 bits per heavy atom. The minimum atomic E-state index is -0.0891. The molecule has 1 amide bonds. The highest BCUT2D eigenvalue weighted by atomic mass is 35.5. The van der Waals surface area contributed by atoms with Gasteiger partial charge in [-0.2, -0.15) is 0 Å². The number of nitrogens with one attached hydrogen (secondary N) is 2. The lowest BCUT2D eigenvalue weighted by atomic mass is 10.2. The maximum Gasteiger partial charge on any atom is 0.259 e. The zero-order valence-electron chi connectivity index (χ0n) is 13.6. The lowest BCUT2D eigenvalue weighted by Gasteiger charge is -2.26. The third kappa shape index (κ3) is 3.66. The molecular weight excluding hydrogens is 348 g/mol. The van der Waals surface area contributed by atoms with Crippen molar-refractivity contribution in [2.75, 3.05) is 23.7 Å². The van der Waals surface area contributed by atoms with Gasteiger partial charge in [-0.15, -0.1) is 24.2 Å². The second kappa shape index (κ2) is 7.87. The van der Waals surface area contributed by atoms with Crippen molar-refractivity contribution in [2.45, 2.75) is 19.9 Å². The van der Waals surface area contributed by atoms with E-state index in [4.69, 9.17) is 5.73 Å². The first-order valence-electron chi connectivity index (χ1n) is 7.51. The maximum absolute atomic E-state index is 12.3. The molecule has 2 aromatic heterocycles. The third-order valence-electron chi connectivity index (χ3n) is 3.74. The largest absolute Gasteiger partial charge is 0.348 e. The van der Waals surface area contributed by atoms with Gasteiger partial charge in [0.15, 0.2) is 0 Å². The van der Waals surface area contributed by atoms with Crippen LogP contribution in [0.5, 0.6) is 0 Å². The zero-order chi connectivity index (χ0) is 16.4. The highest BCUT2D eigenvalue weighted by molar-refractivity contribution is 8.04. The molecule has 0 fully saturated rings. The summed E-state index contributed by atoms with van der Waals surface area (Å²) in [6.45, 7) is 5.12. The Kier molecular flexibility index (Phi) is 6.09. The Hall–Kier alpha value is -1.77. The molecule has 2 aromatic rings. The van der Waals surface area contributed by atoms with Crippen LogP contribution in [-0.2, 0) is 4.79 Å². The first-order chi connectivity index (χ1) is 11.1. The van der Waals surface area contributed by atoms with Crippen LogP contribution in [0.4, 0.5) is 5.82 Å². The van der Waals surface area contributed by atoms with Gasteiger partial charge in [-0.1, -0.05) is 0 Å². The molecule has 0 aromatic carbocycles. The lowest BCUT2D eigenvalue weighted by Crippen LogP contribution is -2.39. The Balaban J connectivity index is 0.00000208. The summed E-state index contributed by atoms with van der Waals surface area (Å²) in [4.78, 5) is 26.8. The summed E-state index contributed by atoms with van der Waals surface area (Å²) < 4.78 is 0. The number of rotatable bonds is 4. The quantitative estimate of drug-likeness (QED) is 0.757. The molecule has 3 rings (SSSR count). The highest BCUT2D eigenvalue weighted by Crippen LogP contribution is 2.30. The van der Waals surface area contributed by atoms with Crippen LogP contribution in [0.25, 0.3) is 11.0 Å². The zero-order valence-corrected chi connectivity index (χ0v) is 15.2. The van der Waals surface area contributed by atoms with Crippen LogP contribution in [0.1, 0.15) is 12.5 Å². The first-order valence-corrected chi connectivity index (χ1v) is 8.49. The summed E-state index contributed by atoms with van der Waals surface area (Å²) in [6.07, 6.45) is 5.32. The fourth-order valence-electron chi connectivity index (χ4n) is 2.46. The number of thioether (sulfide) groups is 1. The summed E-state index contributed by atoms with van der Waals surface area (Å²) in [6, 6.07) is -0.0444. The molecule has 7 nitrogen and oxygen atoms in total. The van der Waals surface area contributed by atoms with Crippen molar-refractivity contribution < 1.29 is 4.79 Å². The van der Waals surface area contributed by atoms with E-state index in [0.717, 1.165) is 34.7 Å². The Bertz CT molecular complexity index is 762. The summed E-state index contributed by atoms with van der Waals surface area (Å²) >= 11 is 1.55. The van der Waals surface area contributed by atoms with Crippen LogP contribution in [-0.4, -0.2) is 45.7 Å². The number of carbonyl (C=O) groups excluding carboxylic acids is 1. The molecule has 1 aliphatic rings. The number of anilines is 1. The number of hydrogen-bond acceptors (Lipinski definition) is 6. The van der Waals surface area contributed by atoms with Gasteiger partial charge in [-0.3, -0.25) is 4.79 Å². The molecule has 0 aliphatic carbocycles. The van der Waals surface area contributed by atoms with Gasteiger partial charge in [0, 0.05) is 37.3 Å². The first kappa shape index (κ1) is 18.6. The van der Waals surface area contributed by atoms with Crippen molar-refractivity contribution in [3.05, 3.63) is 29.2 Å². The molecule has 9 heteroatoms. The molecule has 24 heavy (non-hydrogen) atoms. The molecule has 4 N–H and O–H groups in total. The van der Waals surface area contributed by atoms with Crippen LogP contribution in [0, 0.1) is 6.92 Å². The second-order valence-corrected chi connectivity index (χ2v) is 6.67. The van der Waals surface area contributed by atoms with Crippen molar-refractivity contribution in [1.29, 1.82) is 0 Å². The standard InChI is InChI=1S/C15H20N6OS.ClH/c1-9-6-17-13-12(9)14(19-8-18-13)21-3-4-23-11(7-21)15(22)20-10(2)5-16;/h6-8,10H,3-5,16H2,1-2H3,(H,20,22)(H,17,18,19);1H/t10-;/m0./s1. The van der Waals surface area contributed by atoms with E-state index < -0.39 is 0 Å². The summed E-state index contributed by atoms with van der Waals surface area (Å²) in [5.41, 5.74) is 7.46. The number of nitrogens with two attached hydrogens (primary N) is 1. The highest BCUT2D eigenvalue weighted by Gasteiger charge is 2.21. The third-order valence-corrected chi connectivity index (χ3v) is 4.73. The van der Waals surface area contributed by atoms with Gasteiger partial charge in [-0.25, -0.2) is 9.97 Å². The number of aromatic amines is 1. The molecule has 1 atom stereocenters. The van der Waals surface area contributed by atoms with E-state index >= 15 is 0 Å². The average Bonchev–Trinajstić information content (AvgIpc) is 2.96. The van der Waals surface area contributed by atoms with Crippen molar-refractivity contribution in [3.8, 4) is 0 Å². The number of fused-ring (bicyclic) bond motifs is 1. The van der Waals surface area contributed by atoms with E-state index in [1.54, 1.807) is 18.1 Å². The average molecular weight is 369 g/mol. The number of nitrogens with zero attached hydrogens (tertiary/aromatic N) is 3. The molecule has 1 aliphatic heterocycles. The lowest BCUT2D eigenvalue weighted by molar-refractivity contribution is -0.117. The van der Waals surface area contributed by atoms with E-state index in [2.05, 4.69) is 20.3 Å². The summed E-state index contributed by atoms with van der Waals surface area (Å²) in [7, 11) is 0. The summed E-state index contributed by atoms with van der Waals surface area (Å²) in [5.74, 6) is 1.56. The molecule has 0 unspecified atom stereocenters. The molecule has 130 valence electrons. The number of carbonyl (C=O) groups is 1. The Morgan fingerprint density at radius 3 is 3.08 bits per heavy atom. The molecule has 0 bridgehead atoms. The van der Waals surface area contributed by atoms with E-state index in [9.17, 15) is 4.79 Å². The van der Waals surface area contributed by atoms with Crippen LogP contribution in [0.15, 0.2) is 23.6 Å². The minimum Gasteiger partial charge on any atom is -0.348 e. The van der Waals surface area contributed by atoms with E-state index in [-0.39, 0.29) is 24.4 Å². The van der Waals surface area contributed by atoms with Crippen LogP contribution >= 0.6 is 24.2 Å². The van der Waals surface area contributed by atoms with Crippen molar-refractivity contribution in [3.63, 3.8) is 0 Å². The Labute approximate surface area is 150 Å². The van der Waals surface area contributed by atoms with Crippen molar-refractivity contribution >= 4 is 46.9 Å². The number of aromatic nitrogens is 3. The van der Waals surface area contributed by atoms with Crippen molar-refractivity contribution in [2.24, 2.45) is 5.73 Å². The predicted molar refractivity (Wildman–Crippen MR) is 100 cm³/mol. The van der Waals surface area contributed by atoms with Crippen LogP contribution in [0.2, 0.25) is 0 Å². The fraction of sp³-hybridized carbons (Fsp3) is 0.400. The number of hydrogen-bond donors (Lipinski definition) is 3. The van der Waals surface area contributed by atoms with Gasteiger partial charge < -0.3 is 20.9 Å². The molecule has 0 radical (unpaired) electrons. The van der Waals surface area contributed by atoms with Gasteiger partial charge in [0.05, 0.1) is 10.3 Å². The van der Waals surface area contributed by atoms with Gasteiger partial charge >= 0.3 is 0 Å². The number of halogens is 1. The monoisotopic (exact) mass is 368 g/mol. The molecule has 3 heterocycles. The predicted octanol–water partition coefficient (Wildman–Crippen LogP) is 1.55. The normalized spacial score (nSPS) is 15.6.